The maximum Gasteiger partial charge on any atom is 0.329 e. The lowest BCUT2D eigenvalue weighted by atomic mass is 9.91. The molecule has 3 heterocycles. The van der Waals surface area contributed by atoms with E-state index < -0.39 is 23.3 Å². The molecule has 0 aliphatic carbocycles. The molecule has 2 fully saturated rings. The van der Waals surface area contributed by atoms with Crippen LogP contribution in [0.15, 0.2) is 39.8 Å². The number of nitrogens with two attached hydrogens (primary N) is 1. The Morgan fingerprint density at radius 2 is 2.08 bits per heavy atom. The van der Waals surface area contributed by atoms with Crippen molar-refractivity contribution in [3.05, 3.63) is 34.9 Å². The van der Waals surface area contributed by atoms with Gasteiger partial charge in [0.15, 0.2) is 0 Å². The number of primary amides is 1. The zero-order chi connectivity index (χ0) is 28.2. The molecular weight excluding hydrogens is 590 g/mol. The Hall–Kier alpha value is -3.39. The van der Waals surface area contributed by atoms with Gasteiger partial charge in [-0.2, -0.15) is 4.98 Å². The van der Waals surface area contributed by atoms with Crippen LogP contribution in [-0.4, -0.2) is 76.1 Å². The van der Waals surface area contributed by atoms with Gasteiger partial charge in [0.25, 0.3) is 0 Å². The Balaban J connectivity index is 1.26. The Morgan fingerprint density at radius 1 is 1.28 bits per heavy atom. The van der Waals surface area contributed by atoms with Crippen molar-refractivity contribution in [2.24, 2.45) is 11.1 Å². The number of carbonyl (C=O) groups excluding carboxylic acids is 4. The quantitative estimate of drug-likeness (QED) is 0.119. The van der Waals surface area contributed by atoms with Crippen molar-refractivity contribution in [1.82, 2.24) is 20.2 Å². The predicted octanol–water partition coefficient (Wildman–Crippen LogP) is 2.03. The van der Waals surface area contributed by atoms with E-state index in [0.717, 1.165) is 10.6 Å². The highest BCUT2D eigenvalue weighted by atomic mass is 79.9. The monoisotopic (exact) mass is 619 g/mol. The zero-order valence-corrected chi connectivity index (χ0v) is 23.9. The van der Waals surface area contributed by atoms with E-state index in [0.29, 0.717) is 48.7 Å². The highest BCUT2D eigenvalue weighted by molar-refractivity contribution is 9.10. The first-order valence-electron chi connectivity index (χ1n) is 12.4. The fraction of sp³-hybridized carbons (Fsp3) is 0.440. The second-order valence-electron chi connectivity index (χ2n) is 9.71. The number of morpholine rings is 1. The molecule has 2 unspecified atom stereocenters. The van der Waals surface area contributed by atoms with Crippen molar-refractivity contribution in [2.75, 3.05) is 36.0 Å². The van der Waals surface area contributed by atoms with Crippen LogP contribution in [0.3, 0.4) is 0 Å². The summed E-state index contributed by atoms with van der Waals surface area (Å²) in [6, 6.07) is 7.11. The first kappa shape index (κ1) is 28.6. The van der Waals surface area contributed by atoms with E-state index in [1.165, 1.54) is 25.6 Å². The molecule has 2 aliphatic heterocycles. The maximum absolute atomic E-state index is 12.6. The van der Waals surface area contributed by atoms with Gasteiger partial charge < -0.3 is 31.3 Å². The first-order chi connectivity index (χ1) is 18.5. The number of nitrogens with zero attached hydrogens (tertiary/aromatic N) is 3. The first-order valence-corrected chi connectivity index (χ1v) is 14.2. The smallest absolute Gasteiger partial charge is 0.329 e. The number of ether oxygens (including phenoxy) is 1. The van der Waals surface area contributed by atoms with Crippen LogP contribution >= 0.6 is 27.7 Å². The number of carbonyl (C=O) groups is 4. The third kappa shape index (κ3) is 6.98. The van der Waals surface area contributed by atoms with Crippen LogP contribution in [0.1, 0.15) is 26.7 Å². The number of anilines is 3. The minimum absolute atomic E-state index is 0.0781. The van der Waals surface area contributed by atoms with Gasteiger partial charge in [-0.25, -0.2) is 9.78 Å². The van der Waals surface area contributed by atoms with Crippen LogP contribution in [0.5, 0.6) is 0 Å². The number of amides is 3. The van der Waals surface area contributed by atoms with Gasteiger partial charge in [0.1, 0.15) is 23.4 Å². The molecule has 39 heavy (non-hydrogen) atoms. The standard InChI is InChI=1S/C25H30BrN7O5S/c1-25(2,22(27)36)23(37)29-8-4-7-28-20-17(26)11-30-24(32-20)31-14-5-3-6-16(9-14)39-13-19(34)33-12-15-10-18(33)21(35)38-15/h3,5-6,9,11,15,18H,4,7-8,10,12-13H2,1-2H3,(H2,27,36)(H,29,37)(H2,28,30,31,32). The number of aromatic nitrogens is 2. The number of benzene rings is 1. The molecule has 4 rings (SSSR count). The van der Waals surface area contributed by atoms with Gasteiger partial charge in [0.2, 0.25) is 23.7 Å². The van der Waals surface area contributed by atoms with E-state index in [1.807, 2.05) is 24.3 Å². The van der Waals surface area contributed by atoms with Crippen LogP contribution < -0.4 is 21.7 Å². The molecule has 1 aromatic heterocycles. The predicted molar refractivity (Wildman–Crippen MR) is 149 cm³/mol. The molecule has 2 saturated heterocycles. The molecule has 208 valence electrons. The fourth-order valence-corrected chi connectivity index (χ4v) is 5.20. The second-order valence-corrected chi connectivity index (χ2v) is 11.6. The Morgan fingerprint density at radius 3 is 2.79 bits per heavy atom. The number of rotatable bonds is 12. The summed E-state index contributed by atoms with van der Waals surface area (Å²) in [6.07, 6.45) is 2.64. The van der Waals surface area contributed by atoms with Crippen LogP contribution in [0, 0.1) is 5.41 Å². The van der Waals surface area contributed by atoms with Crippen molar-refractivity contribution >= 4 is 68.8 Å². The molecule has 2 aromatic rings. The molecule has 3 amide bonds. The van der Waals surface area contributed by atoms with Crippen molar-refractivity contribution < 1.29 is 23.9 Å². The molecule has 14 heteroatoms. The highest BCUT2D eigenvalue weighted by Crippen LogP contribution is 2.31. The van der Waals surface area contributed by atoms with E-state index in [1.54, 1.807) is 11.1 Å². The number of fused-ring (bicyclic) bond motifs is 2. The summed E-state index contributed by atoms with van der Waals surface area (Å²) in [5, 5.41) is 9.09. The van der Waals surface area contributed by atoms with Gasteiger partial charge in [0.05, 0.1) is 16.8 Å². The topological polar surface area (TPSA) is 169 Å². The molecule has 0 radical (unpaired) electrons. The van der Waals surface area contributed by atoms with Crippen LogP contribution in [0.2, 0.25) is 0 Å². The molecule has 1 aromatic carbocycles. The summed E-state index contributed by atoms with van der Waals surface area (Å²) in [6.45, 7) is 4.33. The normalized spacial score (nSPS) is 18.0. The summed E-state index contributed by atoms with van der Waals surface area (Å²) < 4.78 is 5.83. The average Bonchev–Trinajstić information content (AvgIpc) is 3.48. The zero-order valence-electron chi connectivity index (χ0n) is 21.5. The number of nitrogens with one attached hydrogen (secondary N) is 3. The van der Waals surface area contributed by atoms with Gasteiger partial charge in [0, 0.05) is 36.3 Å². The van der Waals surface area contributed by atoms with Crippen LogP contribution in [-0.2, 0) is 23.9 Å². The van der Waals surface area contributed by atoms with E-state index in [-0.39, 0.29) is 23.7 Å². The van der Waals surface area contributed by atoms with Crippen molar-refractivity contribution in [3.8, 4) is 0 Å². The van der Waals surface area contributed by atoms with Crippen molar-refractivity contribution in [2.45, 2.75) is 43.7 Å². The molecule has 12 nitrogen and oxygen atoms in total. The Bertz CT molecular complexity index is 1280. The number of hydrogen-bond acceptors (Lipinski definition) is 10. The number of esters is 1. The molecule has 0 saturated carbocycles. The number of hydrogen-bond donors (Lipinski definition) is 4. The minimum Gasteiger partial charge on any atom is -0.459 e. The van der Waals surface area contributed by atoms with Crippen LogP contribution in [0.4, 0.5) is 17.5 Å². The van der Waals surface area contributed by atoms with E-state index in [2.05, 4.69) is 41.8 Å². The summed E-state index contributed by atoms with van der Waals surface area (Å²) in [4.78, 5) is 59.2. The fourth-order valence-electron chi connectivity index (χ4n) is 4.03. The van der Waals surface area contributed by atoms with E-state index in [4.69, 9.17) is 10.5 Å². The average molecular weight is 621 g/mol. The third-order valence-electron chi connectivity index (χ3n) is 6.45. The van der Waals surface area contributed by atoms with Gasteiger partial charge in [-0.15, -0.1) is 11.8 Å². The Labute approximate surface area is 238 Å². The highest BCUT2D eigenvalue weighted by Gasteiger charge is 2.48. The SMILES string of the molecule is CC(C)(C(N)=O)C(=O)NCCCNc1nc(Nc2cccc(SCC(=O)N3CC4CC3C(=O)O4)c2)ncc1Br. The Kier molecular flexibility index (Phi) is 8.95. The van der Waals surface area contributed by atoms with Gasteiger partial charge in [-0.1, -0.05) is 6.07 Å². The number of likely N-dealkylation sites (tertiary alicyclic amines) is 1. The van der Waals surface area contributed by atoms with E-state index >= 15 is 0 Å². The van der Waals surface area contributed by atoms with Gasteiger partial charge in [-0.05, 0) is 54.4 Å². The number of thioether (sulfide) groups is 1. The van der Waals surface area contributed by atoms with Gasteiger partial charge in [-0.3, -0.25) is 14.4 Å². The van der Waals surface area contributed by atoms with Crippen molar-refractivity contribution in [1.29, 1.82) is 0 Å². The number of halogens is 1. The summed E-state index contributed by atoms with van der Waals surface area (Å²) in [5.41, 5.74) is 4.76. The van der Waals surface area contributed by atoms with E-state index in [9.17, 15) is 19.2 Å². The lowest BCUT2D eigenvalue weighted by molar-refractivity contribution is -0.156. The molecule has 5 N–H and O–H groups in total. The van der Waals surface area contributed by atoms with Crippen LogP contribution in [0.25, 0.3) is 0 Å². The molecule has 2 aliphatic rings. The maximum atomic E-state index is 12.6. The minimum atomic E-state index is -1.27. The summed E-state index contributed by atoms with van der Waals surface area (Å²) in [7, 11) is 0. The van der Waals surface area contributed by atoms with Gasteiger partial charge >= 0.3 is 5.97 Å². The lowest BCUT2D eigenvalue weighted by Gasteiger charge is -2.25. The lowest BCUT2D eigenvalue weighted by Crippen LogP contribution is -2.46. The molecule has 2 bridgehead atoms. The van der Waals surface area contributed by atoms with Crippen molar-refractivity contribution in [3.63, 3.8) is 0 Å². The largest absolute Gasteiger partial charge is 0.459 e. The summed E-state index contributed by atoms with van der Waals surface area (Å²) in [5.74, 6) is -0.304. The summed E-state index contributed by atoms with van der Waals surface area (Å²) >= 11 is 4.83. The second kappa shape index (κ2) is 12.2. The molecule has 2 atom stereocenters. The molecular formula is C25H30BrN7O5S. The molecule has 0 spiro atoms. The third-order valence-corrected chi connectivity index (χ3v) is 8.01.